The molecule has 392 valence electrons. The number of carbonyl (C=O) groups excluding carboxylic acids is 2. The van der Waals surface area contributed by atoms with Crippen LogP contribution >= 0.6 is 0 Å². The number of unbranched alkanes of at least 4 members (excludes halogenated alkanes) is 30. The maximum Gasteiger partial charge on any atom is 0.306 e. The molecule has 0 aliphatic rings. The summed E-state index contributed by atoms with van der Waals surface area (Å²) in [6, 6.07) is -0.719. The van der Waals surface area contributed by atoms with Gasteiger partial charge in [-0.3, -0.25) is 9.59 Å². The zero-order valence-corrected chi connectivity index (χ0v) is 44.7. The molecule has 0 saturated carbocycles. The van der Waals surface area contributed by atoms with Crippen LogP contribution in [0.25, 0.3) is 0 Å². The lowest BCUT2D eigenvalue weighted by molar-refractivity contribution is -0.151. The predicted octanol–water partition coefficient (Wildman–Crippen LogP) is 17.9. The minimum absolute atomic E-state index is 0.0506. The van der Waals surface area contributed by atoms with Gasteiger partial charge in [-0.15, -0.1) is 0 Å². The van der Waals surface area contributed by atoms with Crippen molar-refractivity contribution in [1.82, 2.24) is 5.32 Å². The molecule has 6 nitrogen and oxygen atoms in total. The maximum atomic E-state index is 13.3. The maximum absolute atomic E-state index is 13.3. The first-order valence-electron chi connectivity index (χ1n) is 28.9. The molecule has 0 aromatic rings. The predicted molar refractivity (Wildman–Crippen MR) is 296 cm³/mol. The van der Waals surface area contributed by atoms with Gasteiger partial charge in [-0.2, -0.15) is 0 Å². The van der Waals surface area contributed by atoms with Crippen molar-refractivity contribution in [3.63, 3.8) is 0 Å². The normalized spacial score (nSPS) is 13.8. The Kier molecular flexibility index (Phi) is 52.6. The third kappa shape index (κ3) is 49.5. The molecular formula is C62H109NO5. The number of allylic oxidation sites excluding steroid dienone is 14. The fourth-order valence-electron chi connectivity index (χ4n) is 8.52. The second kappa shape index (κ2) is 55.0. The standard InChI is InChI=1S/C62H109NO5/c1-4-7-10-13-16-19-22-25-28-30-33-36-39-42-45-48-51-54-60(65)59(57-64)63-61(66)56-58(53-50-47-44-41-38-35-32-27-24-21-18-15-12-9-6-3)68-62(67)55-52-49-46-43-40-37-34-31-29-26-23-20-17-14-11-8-5-2/h8,11,14,17,20,23,26-27,29,31-32,34,37,40,58-60,64-65H,4-7,9-10,12-13,15-16,18-19,21-22,24-25,28,30,33,35-36,38-39,41-57H2,1-3H3,(H,63,66)/b11-8-,17-14+,23-20+,29-26-,32-27+,34-31+,40-37+. The van der Waals surface area contributed by atoms with Gasteiger partial charge in [-0.1, -0.05) is 273 Å². The molecule has 0 aliphatic heterocycles. The van der Waals surface area contributed by atoms with Gasteiger partial charge in [-0.25, -0.2) is 0 Å². The average Bonchev–Trinajstić information content (AvgIpc) is 3.33. The monoisotopic (exact) mass is 948 g/mol. The topological polar surface area (TPSA) is 95.9 Å². The molecule has 0 rings (SSSR count). The van der Waals surface area contributed by atoms with E-state index >= 15 is 0 Å². The van der Waals surface area contributed by atoms with Crippen LogP contribution in [0.15, 0.2) is 85.1 Å². The Morgan fingerprint density at radius 2 is 0.809 bits per heavy atom. The Morgan fingerprint density at radius 1 is 0.441 bits per heavy atom. The molecule has 68 heavy (non-hydrogen) atoms. The summed E-state index contributed by atoms with van der Waals surface area (Å²) in [6.45, 7) is 6.35. The molecule has 6 heteroatoms. The van der Waals surface area contributed by atoms with Gasteiger partial charge in [0.1, 0.15) is 6.10 Å². The van der Waals surface area contributed by atoms with Gasteiger partial charge in [0.25, 0.3) is 0 Å². The molecule has 3 atom stereocenters. The van der Waals surface area contributed by atoms with E-state index in [1.807, 2.05) is 48.6 Å². The number of hydrogen-bond acceptors (Lipinski definition) is 5. The highest BCUT2D eigenvalue weighted by Crippen LogP contribution is 2.18. The van der Waals surface area contributed by atoms with E-state index in [-0.39, 0.29) is 24.9 Å². The van der Waals surface area contributed by atoms with Crippen LogP contribution in [-0.4, -0.2) is 46.9 Å². The van der Waals surface area contributed by atoms with Gasteiger partial charge in [0.15, 0.2) is 0 Å². The fourth-order valence-corrected chi connectivity index (χ4v) is 8.52. The number of ether oxygens (including phenoxy) is 1. The highest BCUT2D eigenvalue weighted by Gasteiger charge is 2.24. The van der Waals surface area contributed by atoms with Crippen LogP contribution in [0, 0.1) is 0 Å². The number of aliphatic hydroxyl groups is 2. The lowest BCUT2D eigenvalue weighted by Crippen LogP contribution is -2.46. The number of amides is 1. The third-order valence-corrected chi connectivity index (χ3v) is 12.9. The van der Waals surface area contributed by atoms with Gasteiger partial charge >= 0.3 is 5.97 Å². The van der Waals surface area contributed by atoms with Crippen molar-refractivity contribution in [1.29, 1.82) is 0 Å². The number of hydrogen-bond donors (Lipinski definition) is 3. The van der Waals surface area contributed by atoms with Gasteiger partial charge in [-0.05, 0) is 70.6 Å². The summed E-state index contributed by atoms with van der Waals surface area (Å²) in [7, 11) is 0. The van der Waals surface area contributed by atoms with Crippen LogP contribution in [0.1, 0.15) is 271 Å². The lowest BCUT2D eigenvalue weighted by Gasteiger charge is -2.24. The van der Waals surface area contributed by atoms with Crippen LogP contribution in [0.2, 0.25) is 0 Å². The van der Waals surface area contributed by atoms with E-state index < -0.39 is 18.2 Å². The highest BCUT2D eigenvalue weighted by molar-refractivity contribution is 5.77. The van der Waals surface area contributed by atoms with E-state index in [9.17, 15) is 19.8 Å². The van der Waals surface area contributed by atoms with Crippen LogP contribution in [0.3, 0.4) is 0 Å². The highest BCUT2D eigenvalue weighted by atomic mass is 16.5. The van der Waals surface area contributed by atoms with Crippen molar-refractivity contribution in [2.75, 3.05) is 6.61 Å². The Morgan fingerprint density at radius 3 is 1.25 bits per heavy atom. The van der Waals surface area contributed by atoms with Gasteiger partial charge in [0, 0.05) is 6.42 Å². The van der Waals surface area contributed by atoms with E-state index in [0.717, 1.165) is 77.0 Å². The summed E-state index contributed by atoms with van der Waals surface area (Å²) >= 11 is 0. The molecule has 3 unspecified atom stereocenters. The molecule has 0 aliphatic carbocycles. The van der Waals surface area contributed by atoms with Crippen LogP contribution in [0.4, 0.5) is 0 Å². The SMILES string of the molecule is CC\C=C/C=C/C=C/C=C\C=C\C=C\CCCCCC(=O)OC(CCCCCCC/C=C/CCCCCCCC)CC(=O)NC(CO)C(O)CCCCCCCCCCCCCCCCCCC. The number of rotatable bonds is 51. The number of aliphatic hydroxyl groups excluding tert-OH is 2. The van der Waals surface area contributed by atoms with Crippen molar-refractivity contribution in [2.45, 2.75) is 289 Å². The van der Waals surface area contributed by atoms with Gasteiger partial charge in [0.05, 0.1) is 25.2 Å². The first kappa shape index (κ1) is 65.0. The van der Waals surface area contributed by atoms with Crippen molar-refractivity contribution >= 4 is 11.9 Å². The fraction of sp³-hybridized carbons (Fsp3) is 0.742. The Balaban J connectivity index is 4.64. The van der Waals surface area contributed by atoms with E-state index in [1.54, 1.807) is 0 Å². The Bertz CT molecular complexity index is 1290. The first-order chi connectivity index (χ1) is 33.5. The molecule has 0 heterocycles. The first-order valence-corrected chi connectivity index (χ1v) is 28.9. The largest absolute Gasteiger partial charge is 0.462 e. The number of esters is 1. The minimum atomic E-state index is -0.803. The van der Waals surface area contributed by atoms with Crippen molar-refractivity contribution in [2.24, 2.45) is 0 Å². The summed E-state index contributed by atoms with van der Waals surface area (Å²) in [5.74, 6) is -0.531. The molecule has 1 amide bonds. The van der Waals surface area contributed by atoms with E-state index in [2.05, 4.69) is 62.5 Å². The van der Waals surface area contributed by atoms with Crippen LogP contribution < -0.4 is 5.32 Å². The van der Waals surface area contributed by atoms with Crippen LogP contribution in [-0.2, 0) is 14.3 Å². The average molecular weight is 949 g/mol. The summed E-state index contributed by atoms with van der Waals surface area (Å²) in [5.41, 5.74) is 0. The molecule has 0 spiro atoms. The Labute approximate surface area is 421 Å². The zero-order valence-electron chi connectivity index (χ0n) is 44.7. The van der Waals surface area contributed by atoms with E-state index in [1.165, 1.54) is 148 Å². The third-order valence-electron chi connectivity index (χ3n) is 12.9. The summed E-state index contributed by atoms with van der Waals surface area (Å²) in [5, 5.41) is 23.9. The molecule has 0 saturated heterocycles. The molecule has 0 radical (unpaired) electrons. The molecular weight excluding hydrogens is 839 g/mol. The quantitative estimate of drug-likeness (QED) is 0.0244. The summed E-state index contributed by atoms with van der Waals surface area (Å²) in [4.78, 5) is 26.3. The van der Waals surface area contributed by atoms with Gasteiger partial charge in [0.2, 0.25) is 5.91 Å². The minimum Gasteiger partial charge on any atom is -0.462 e. The second-order valence-corrected chi connectivity index (χ2v) is 19.5. The van der Waals surface area contributed by atoms with Crippen molar-refractivity contribution < 1.29 is 24.5 Å². The molecule has 0 bridgehead atoms. The van der Waals surface area contributed by atoms with Crippen LogP contribution in [0.5, 0.6) is 0 Å². The van der Waals surface area contributed by atoms with Crippen molar-refractivity contribution in [3.05, 3.63) is 85.1 Å². The number of nitrogens with one attached hydrogen (secondary N) is 1. The molecule has 0 aromatic heterocycles. The van der Waals surface area contributed by atoms with E-state index in [4.69, 9.17) is 4.74 Å². The smallest absolute Gasteiger partial charge is 0.306 e. The molecule has 0 aromatic carbocycles. The molecule has 0 fully saturated rings. The second-order valence-electron chi connectivity index (χ2n) is 19.5. The summed E-state index contributed by atoms with van der Waals surface area (Å²) in [6.07, 6.45) is 72.1. The molecule has 3 N–H and O–H groups in total. The van der Waals surface area contributed by atoms with Crippen molar-refractivity contribution in [3.8, 4) is 0 Å². The van der Waals surface area contributed by atoms with E-state index in [0.29, 0.717) is 19.3 Å². The summed E-state index contributed by atoms with van der Waals surface area (Å²) < 4.78 is 5.94. The number of carbonyl (C=O) groups is 2. The Hall–Kier alpha value is -2.96. The lowest BCUT2D eigenvalue weighted by atomic mass is 10.0. The van der Waals surface area contributed by atoms with Gasteiger partial charge < -0.3 is 20.3 Å². The zero-order chi connectivity index (χ0) is 49.5.